The SMILES string of the molecule is CC(=O)O[C@@]12CO[C@@H]1C[C@H](O)[C@@]1(C)C(=O)[C@H](C)C3=C(C)[C@@H](OC(=O)[C@H](O[Si]4(OCC(=O)OCc5ccccc5)CCCCC4)C(NC(=O)c4ccccc4)c4ccccc4)C[C@@](O)([C@@H](OC(=O)c4ccccc4)C12)C3(C)C. The highest BCUT2D eigenvalue weighted by molar-refractivity contribution is 6.68. The summed E-state index contributed by atoms with van der Waals surface area (Å²) < 4.78 is 44.9. The molecule has 17 heteroatoms. The van der Waals surface area contributed by atoms with Crippen LogP contribution in [0.3, 0.4) is 0 Å². The van der Waals surface area contributed by atoms with Gasteiger partial charge in [0.15, 0.2) is 11.7 Å². The fourth-order valence-corrected chi connectivity index (χ4v) is 16.6. The van der Waals surface area contributed by atoms with E-state index in [4.69, 9.17) is 32.5 Å². The van der Waals surface area contributed by atoms with E-state index in [0.29, 0.717) is 47.2 Å². The molecule has 0 spiro atoms. The Kier molecular flexibility index (Phi) is 16.0. The Hall–Kier alpha value is -6.34. The van der Waals surface area contributed by atoms with Gasteiger partial charge in [-0.05, 0) is 72.5 Å². The van der Waals surface area contributed by atoms with Gasteiger partial charge in [-0.25, -0.2) is 14.4 Å². The summed E-state index contributed by atoms with van der Waals surface area (Å²) in [6.07, 6.45) is -5.38. The van der Waals surface area contributed by atoms with Crippen LogP contribution in [0.1, 0.15) is 112 Å². The molecule has 408 valence electrons. The lowest BCUT2D eigenvalue weighted by atomic mass is 9.43. The predicted octanol–water partition coefficient (Wildman–Crippen LogP) is 7.85. The molecule has 9 rings (SSSR count). The lowest BCUT2D eigenvalue weighted by molar-refractivity contribution is -0.345. The minimum Gasteiger partial charge on any atom is -0.459 e. The van der Waals surface area contributed by atoms with Crippen molar-refractivity contribution in [2.45, 2.75) is 140 Å². The number of esters is 4. The number of carbonyl (C=O) groups is 6. The number of fused-ring (bicyclic) bond motifs is 5. The van der Waals surface area contributed by atoms with E-state index in [1.165, 1.54) is 6.92 Å². The Morgan fingerprint density at radius 3 is 2.01 bits per heavy atom. The van der Waals surface area contributed by atoms with E-state index in [9.17, 15) is 29.4 Å². The molecule has 2 unspecified atom stereocenters. The summed E-state index contributed by atoms with van der Waals surface area (Å²) in [5.74, 6) is -6.61. The molecule has 3 N–H and O–H groups in total. The summed E-state index contributed by atoms with van der Waals surface area (Å²) in [5, 5.41) is 29.4. The number of aliphatic hydroxyl groups excluding tert-OH is 1. The monoisotopic (exact) mass is 1070 g/mol. The van der Waals surface area contributed by atoms with Gasteiger partial charge in [0.25, 0.3) is 5.91 Å². The molecule has 0 radical (unpaired) electrons. The number of aliphatic hydroxyl groups is 2. The first-order valence-electron chi connectivity index (χ1n) is 26.6. The number of amides is 1. The molecular weight excluding hydrogens is 1000 g/mol. The maximum absolute atomic E-state index is 15.8. The van der Waals surface area contributed by atoms with Gasteiger partial charge in [-0.2, -0.15) is 0 Å². The Bertz CT molecular complexity index is 2860. The smallest absolute Gasteiger partial charge is 0.339 e. The van der Waals surface area contributed by atoms with E-state index in [-0.39, 0.29) is 25.2 Å². The number of carbonyl (C=O) groups excluding carboxylic acids is 6. The lowest BCUT2D eigenvalue weighted by Crippen LogP contribution is -2.81. The maximum Gasteiger partial charge on any atom is 0.339 e. The summed E-state index contributed by atoms with van der Waals surface area (Å²) in [5.41, 5.74) is -4.63. The van der Waals surface area contributed by atoms with Gasteiger partial charge in [0.2, 0.25) is 0 Å². The van der Waals surface area contributed by atoms with Crippen molar-refractivity contribution in [3.05, 3.63) is 155 Å². The zero-order valence-electron chi connectivity index (χ0n) is 44.4. The second kappa shape index (κ2) is 22.2. The summed E-state index contributed by atoms with van der Waals surface area (Å²) in [6, 6.07) is 34.2. The molecule has 2 saturated carbocycles. The predicted molar refractivity (Wildman–Crippen MR) is 282 cm³/mol. The van der Waals surface area contributed by atoms with Crippen LogP contribution in [0.4, 0.5) is 0 Å². The molecular formula is C60H69NO15Si. The Morgan fingerprint density at radius 1 is 0.818 bits per heavy atom. The molecule has 0 aromatic heterocycles. The fraction of sp³-hybridized carbons (Fsp3) is 0.467. The highest BCUT2D eigenvalue weighted by Gasteiger charge is 2.77. The summed E-state index contributed by atoms with van der Waals surface area (Å²) in [7, 11) is -3.60. The number of ketones is 1. The fourth-order valence-electron chi connectivity index (χ4n) is 13.1. The number of Topliss-reactive ketones (excluding diaryl/α,β-unsaturated/α-hetero) is 1. The zero-order valence-corrected chi connectivity index (χ0v) is 45.4. The van der Waals surface area contributed by atoms with Crippen molar-refractivity contribution < 1.29 is 71.5 Å². The summed E-state index contributed by atoms with van der Waals surface area (Å²) in [4.78, 5) is 87.1. The van der Waals surface area contributed by atoms with Crippen molar-refractivity contribution in [3.63, 3.8) is 0 Å². The van der Waals surface area contributed by atoms with E-state index in [1.54, 1.807) is 126 Å². The molecule has 4 fully saturated rings. The van der Waals surface area contributed by atoms with E-state index in [2.05, 4.69) is 5.32 Å². The van der Waals surface area contributed by atoms with Gasteiger partial charge < -0.3 is 48.1 Å². The molecule has 2 aliphatic heterocycles. The molecule has 16 nitrogen and oxygen atoms in total. The number of nitrogens with one attached hydrogen (secondary N) is 1. The van der Waals surface area contributed by atoms with E-state index < -0.39 is 128 Å². The van der Waals surface area contributed by atoms with Crippen LogP contribution in [0.5, 0.6) is 0 Å². The summed E-state index contributed by atoms with van der Waals surface area (Å²) in [6.45, 7) is 9.00. The third-order valence-corrected chi connectivity index (χ3v) is 20.7. The molecule has 2 bridgehead atoms. The Balaban J connectivity index is 1.15. The van der Waals surface area contributed by atoms with Crippen LogP contribution in [0.25, 0.3) is 0 Å². The number of ether oxygens (including phenoxy) is 5. The normalized spacial score (nSPS) is 29.8. The van der Waals surface area contributed by atoms with E-state index >= 15 is 9.59 Å². The molecule has 5 aliphatic rings. The average Bonchev–Trinajstić information content (AvgIpc) is 3.61. The molecule has 77 heavy (non-hydrogen) atoms. The maximum atomic E-state index is 15.8. The minimum absolute atomic E-state index is 0.0184. The van der Waals surface area contributed by atoms with Crippen LogP contribution in [-0.4, -0.2) is 109 Å². The number of hydrogen-bond donors (Lipinski definition) is 3. The van der Waals surface area contributed by atoms with Crippen molar-refractivity contribution in [1.29, 1.82) is 0 Å². The van der Waals surface area contributed by atoms with Crippen molar-refractivity contribution in [1.82, 2.24) is 5.32 Å². The van der Waals surface area contributed by atoms with Crippen molar-refractivity contribution in [2.24, 2.45) is 22.7 Å². The minimum atomic E-state index is -3.60. The van der Waals surface area contributed by atoms with Crippen LogP contribution in [0.2, 0.25) is 12.1 Å². The molecule has 3 aliphatic carbocycles. The van der Waals surface area contributed by atoms with E-state index in [0.717, 1.165) is 12.0 Å². The molecule has 1 amide bonds. The van der Waals surface area contributed by atoms with Crippen molar-refractivity contribution >= 4 is 44.1 Å². The highest BCUT2D eigenvalue weighted by Crippen LogP contribution is 2.65. The highest BCUT2D eigenvalue weighted by atomic mass is 28.4. The largest absolute Gasteiger partial charge is 0.459 e. The van der Waals surface area contributed by atoms with Crippen LogP contribution < -0.4 is 5.32 Å². The Labute approximate surface area is 450 Å². The first kappa shape index (κ1) is 55.4. The van der Waals surface area contributed by atoms with Gasteiger partial charge in [-0.15, -0.1) is 0 Å². The molecule has 11 atom stereocenters. The van der Waals surface area contributed by atoms with Crippen LogP contribution in [0, 0.1) is 22.7 Å². The number of hydrogen-bond acceptors (Lipinski definition) is 15. The van der Waals surface area contributed by atoms with Crippen LogP contribution in [-0.2, 0) is 58.3 Å². The molecule has 2 saturated heterocycles. The second-order valence-corrected chi connectivity index (χ2v) is 25.4. The number of benzene rings is 4. The standard InChI is InChI=1S/C60H69NO15Si/c1-37-44(33-60(69)53(74-55(67)43-28-18-10-19-29-43)51-58(6,52(65)38(2)48(37)57(60,4)5)45(63)32-46-59(51,36-71-46)75-39(3)62)73-56(68)50(49(41-24-14-8-15-25-41)61-54(66)42-26-16-9-17-27-42)76-77(30-20-11-21-31-77)72-35-47(64)70-34-40-22-12-7-13-23-40/h7-10,12-19,22-29,38,44-46,49-51,53,63,69H,11,20-21,30-36H2,1-6H3,(H,61,66)/t38-,44+,45+,46-,49?,50-,51?,53+,58-,59+,60-/m1/s1. The Morgan fingerprint density at radius 2 is 1.42 bits per heavy atom. The topological polar surface area (TPSA) is 220 Å². The molecule has 2 heterocycles. The lowest BCUT2D eigenvalue weighted by Gasteiger charge is -2.67. The molecule has 4 aromatic rings. The van der Waals surface area contributed by atoms with Crippen LogP contribution in [0.15, 0.2) is 132 Å². The summed E-state index contributed by atoms with van der Waals surface area (Å²) >= 11 is 0. The van der Waals surface area contributed by atoms with Crippen LogP contribution >= 0.6 is 0 Å². The van der Waals surface area contributed by atoms with Gasteiger partial charge in [-0.3, -0.25) is 14.4 Å². The van der Waals surface area contributed by atoms with Gasteiger partial charge >= 0.3 is 32.4 Å². The van der Waals surface area contributed by atoms with Gasteiger partial charge in [0.1, 0.15) is 42.9 Å². The van der Waals surface area contributed by atoms with Gasteiger partial charge in [-0.1, -0.05) is 137 Å². The molecule has 4 aromatic carbocycles. The number of rotatable bonds is 16. The first-order chi connectivity index (χ1) is 36.7. The first-order valence-corrected chi connectivity index (χ1v) is 28.8. The van der Waals surface area contributed by atoms with Crippen molar-refractivity contribution in [3.8, 4) is 0 Å². The van der Waals surface area contributed by atoms with Gasteiger partial charge in [0, 0.05) is 36.7 Å². The quantitative estimate of drug-likeness (QED) is 0.0421. The van der Waals surface area contributed by atoms with Gasteiger partial charge in [0.05, 0.1) is 35.6 Å². The third-order valence-electron chi connectivity index (χ3n) is 17.2. The van der Waals surface area contributed by atoms with Crippen molar-refractivity contribution in [2.75, 3.05) is 13.2 Å². The van der Waals surface area contributed by atoms with E-state index in [1.807, 2.05) is 30.3 Å². The third kappa shape index (κ3) is 10.5. The average molecular weight is 1070 g/mol. The zero-order chi connectivity index (χ0) is 54.9. The second-order valence-electron chi connectivity index (χ2n) is 22.1.